The highest BCUT2D eigenvalue weighted by Gasteiger charge is 2.33. The summed E-state index contributed by atoms with van der Waals surface area (Å²) in [5.41, 5.74) is 2.79. The average molecular weight is 312 g/mol. The third kappa shape index (κ3) is 3.27. The van der Waals surface area contributed by atoms with Crippen molar-refractivity contribution in [2.24, 2.45) is 0 Å². The Morgan fingerprint density at radius 1 is 1.13 bits per heavy atom. The average Bonchev–Trinajstić information content (AvgIpc) is 2.53. The number of halogens is 1. The van der Waals surface area contributed by atoms with Crippen LogP contribution in [0.1, 0.15) is 18.1 Å². The van der Waals surface area contributed by atoms with Crippen molar-refractivity contribution in [3.05, 3.63) is 65.5 Å². The van der Waals surface area contributed by atoms with E-state index < -0.39 is 0 Å². The molecule has 1 fully saturated rings. The van der Waals surface area contributed by atoms with Gasteiger partial charge >= 0.3 is 0 Å². The standard InChI is InChI=1S/C19H21FN2O/c1-14-6-5-7-16(12-14)13-21-10-11-22(19(23)15(21)2)18-9-4-3-8-17(18)20/h3-9,12,15H,10-11,13H2,1-2H3. The molecular weight excluding hydrogens is 291 g/mol. The number of carbonyl (C=O) groups excluding carboxylic acids is 1. The van der Waals surface area contributed by atoms with Gasteiger partial charge in [0.15, 0.2) is 0 Å². The molecule has 0 radical (unpaired) electrons. The molecule has 1 heterocycles. The molecule has 2 aromatic rings. The molecule has 2 aromatic carbocycles. The van der Waals surface area contributed by atoms with Crippen molar-refractivity contribution in [2.45, 2.75) is 26.4 Å². The van der Waals surface area contributed by atoms with Gasteiger partial charge < -0.3 is 4.90 Å². The van der Waals surface area contributed by atoms with Crippen LogP contribution in [0.15, 0.2) is 48.5 Å². The number of benzene rings is 2. The minimum atomic E-state index is -0.347. The molecule has 0 spiro atoms. The number of nitrogens with zero attached hydrogens (tertiary/aromatic N) is 2. The monoisotopic (exact) mass is 312 g/mol. The number of hydrogen-bond donors (Lipinski definition) is 0. The Kier molecular flexibility index (Phi) is 4.44. The van der Waals surface area contributed by atoms with Crippen LogP contribution in [-0.4, -0.2) is 29.9 Å². The van der Waals surface area contributed by atoms with Gasteiger partial charge in [0.1, 0.15) is 5.82 Å². The lowest BCUT2D eigenvalue weighted by Gasteiger charge is -2.39. The Morgan fingerprint density at radius 2 is 1.91 bits per heavy atom. The lowest BCUT2D eigenvalue weighted by atomic mass is 10.1. The van der Waals surface area contributed by atoms with E-state index in [0.717, 1.165) is 13.1 Å². The van der Waals surface area contributed by atoms with Crippen molar-refractivity contribution in [3.63, 3.8) is 0 Å². The van der Waals surface area contributed by atoms with E-state index in [9.17, 15) is 9.18 Å². The molecule has 0 aromatic heterocycles. The van der Waals surface area contributed by atoms with E-state index in [1.807, 2.05) is 13.0 Å². The highest BCUT2D eigenvalue weighted by molar-refractivity contribution is 5.97. The van der Waals surface area contributed by atoms with Crippen molar-refractivity contribution in [2.75, 3.05) is 18.0 Å². The molecule has 120 valence electrons. The minimum absolute atomic E-state index is 0.0472. The summed E-state index contributed by atoms with van der Waals surface area (Å²) in [6.07, 6.45) is 0. The van der Waals surface area contributed by atoms with Gasteiger partial charge in [0.05, 0.1) is 11.7 Å². The molecule has 0 N–H and O–H groups in total. The fraction of sp³-hybridized carbons (Fsp3) is 0.316. The Morgan fingerprint density at radius 3 is 2.65 bits per heavy atom. The van der Waals surface area contributed by atoms with Gasteiger partial charge in [-0.1, -0.05) is 42.0 Å². The predicted octanol–water partition coefficient (Wildman–Crippen LogP) is 3.37. The Labute approximate surface area is 136 Å². The summed E-state index contributed by atoms with van der Waals surface area (Å²) in [4.78, 5) is 16.4. The summed E-state index contributed by atoms with van der Waals surface area (Å²) >= 11 is 0. The van der Waals surface area contributed by atoms with Crippen LogP contribution in [0.2, 0.25) is 0 Å². The molecule has 3 rings (SSSR count). The largest absolute Gasteiger partial charge is 0.307 e. The molecular formula is C19H21FN2O. The number of carbonyl (C=O) groups is 1. The van der Waals surface area contributed by atoms with Gasteiger partial charge in [-0.3, -0.25) is 9.69 Å². The van der Waals surface area contributed by atoms with E-state index in [0.29, 0.717) is 12.2 Å². The van der Waals surface area contributed by atoms with Crippen LogP contribution in [0, 0.1) is 12.7 Å². The highest BCUT2D eigenvalue weighted by Crippen LogP contribution is 2.24. The number of aryl methyl sites for hydroxylation is 1. The zero-order valence-electron chi connectivity index (χ0n) is 13.5. The maximum atomic E-state index is 14.0. The number of amides is 1. The SMILES string of the molecule is Cc1cccc(CN2CCN(c3ccccc3F)C(=O)C2C)c1. The van der Waals surface area contributed by atoms with Crippen molar-refractivity contribution >= 4 is 11.6 Å². The highest BCUT2D eigenvalue weighted by atomic mass is 19.1. The number of piperazine rings is 1. The molecule has 1 atom stereocenters. The molecule has 3 nitrogen and oxygen atoms in total. The Bertz CT molecular complexity index is 716. The van der Waals surface area contributed by atoms with Crippen LogP contribution in [0.3, 0.4) is 0 Å². The van der Waals surface area contributed by atoms with Crippen molar-refractivity contribution < 1.29 is 9.18 Å². The predicted molar refractivity (Wildman–Crippen MR) is 89.8 cm³/mol. The molecule has 23 heavy (non-hydrogen) atoms. The first-order valence-corrected chi connectivity index (χ1v) is 7.92. The van der Waals surface area contributed by atoms with Gasteiger partial charge in [0.25, 0.3) is 0 Å². The Hall–Kier alpha value is -2.20. The quantitative estimate of drug-likeness (QED) is 0.867. The molecule has 1 amide bonds. The molecule has 0 aliphatic carbocycles. The molecule has 1 aliphatic heterocycles. The van der Waals surface area contributed by atoms with Crippen molar-refractivity contribution in [3.8, 4) is 0 Å². The summed E-state index contributed by atoms with van der Waals surface area (Å²) < 4.78 is 14.0. The first-order chi connectivity index (χ1) is 11.1. The number of hydrogen-bond acceptors (Lipinski definition) is 2. The fourth-order valence-corrected chi connectivity index (χ4v) is 3.08. The number of anilines is 1. The molecule has 1 unspecified atom stereocenters. The van der Waals surface area contributed by atoms with Crippen molar-refractivity contribution in [1.82, 2.24) is 4.90 Å². The summed E-state index contributed by atoms with van der Waals surface area (Å²) in [5, 5.41) is 0. The zero-order valence-corrected chi connectivity index (χ0v) is 13.5. The minimum Gasteiger partial charge on any atom is -0.307 e. The molecule has 1 saturated heterocycles. The van der Waals surface area contributed by atoms with Crippen LogP contribution in [-0.2, 0) is 11.3 Å². The molecule has 4 heteroatoms. The van der Waals surface area contributed by atoms with Gasteiger partial charge in [-0.25, -0.2) is 4.39 Å². The van der Waals surface area contributed by atoms with E-state index in [-0.39, 0.29) is 17.8 Å². The lowest BCUT2D eigenvalue weighted by molar-refractivity contribution is -0.125. The van der Waals surface area contributed by atoms with Crippen LogP contribution in [0.25, 0.3) is 0 Å². The van der Waals surface area contributed by atoms with Crippen LogP contribution >= 0.6 is 0 Å². The first kappa shape index (κ1) is 15.7. The van der Waals surface area contributed by atoms with Crippen LogP contribution in [0.4, 0.5) is 10.1 Å². The smallest absolute Gasteiger partial charge is 0.244 e. The third-order valence-corrected chi connectivity index (χ3v) is 4.39. The summed E-state index contributed by atoms with van der Waals surface area (Å²) in [6.45, 7) is 5.93. The van der Waals surface area contributed by atoms with Crippen LogP contribution < -0.4 is 4.90 Å². The molecule has 0 saturated carbocycles. The first-order valence-electron chi connectivity index (χ1n) is 7.92. The summed E-state index contributed by atoms with van der Waals surface area (Å²) in [6, 6.07) is 14.5. The van der Waals surface area contributed by atoms with Gasteiger partial charge in [0.2, 0.25) is 5.91 Å². The van der Waals surface area contributed by atoms with Crippen molar-refractivity contribution in [1.29, 1.82) is 0 Å². The second-order valence-corrected chi connectivity index (χ2v) is 6.08. The van der Waals surface area contributed by atoms with Gasteiger partial charge in [0, 0.05) is 19.6 Å². The topological polar surface area (TPSA) is 23.6 Å². The normalized spacial score (nSPS) is 19.2. The number of rotatable bonds is 3. The summed E-state index contributed by atoms with van der Waals surface area (Å²) in [5.74, 6) is -0.394. The Balaban J connectivity index is 1.75. The maximum absolute atomic E-state index is 14.0. The second-order valence-electron chi connectivity index (χ2n) is 6.08. The lowest BCUT2D eigenvalue weighted by Crippen LogP contribution is -2.55. The van der Waals surface area contributed by atoms with Gasteiger partial charge in [-0.2, -0.15) is 0 Å². The summed E-state index contributed by atoms with van der Waals surface area (Å²) in [7, 11) is 0. The molecule has 1 aliphatic rings. The second kappa shape index (κ2) is 6.50. The van der Waals surface area contributed by atoms with Gasteiger partial charge in [-0.15, -0.1) is 0 Å². The van der Waals surface area contributed by atoms with E-state index in [1.165, 1.54) is 17.2 Å². The fourth-order valence-electron chi connectivity index (χ4n) is 3.08. The van der Waals surface area contributed by atoms with E-state index >= 15 is 0 Å². The maximum Gasteiger partial charge on any atom is 0.244 e. The van der Waals surface area contributed by atoms with Gasteiger partial charge in [-0.05, 0) is 31.5 Å². The van der Waals surface area contributed by atoms with E-state index in [2.05, 4.69) is 30.0 Å². The van der Waals surface area contributed by atoms with Crippen LogP contribution in [0.5, 0.6) is 0 Å². The zero-order chi connectivity index (χ0) is 16.4. The molecule has 0 bridgehead atoms. The third-order valence-electron chi connectivity index (χ3n) is 4.39. The van der Waals surface area contributed by atoms with E-state index in [4.69, 9.17) is 0 Å². The van der Waals surface area contributed by atoms with E-state index in [1.54, 1.807) is 23.1 Å². The number of para-hydroxylation sites is 1.